The van der Waals surface area contributed by atoms with Gasteiger partial charge in [-0.05, 0) is 24.1 Å². The maximum absolute atomic E-state index is 14.9. The highest BCUT2D eigenvalue weighted by molar-refractivity contribution is 6.36. The lowest BCUT2D eigenvalue weighted by atomic mass is 9.66. The number of fused-ring (bicyclic) bond motifs is 3. The van der Waals surface area contributed by atoms with Crippen LogP contribution in [-0.4, -0.2) is 55.3 Å². The molecule has 3 aromatic rings. The van der Waals surface area contributed by atoms with Crippen molar-refractivity contribution in [1.29, 1.82) is 0 Å². The van der Waals surface area contributed by atoms with Crippen molar-refractivity contribution in [2.45, 2.75) is 24.9 Å². The summed E-state index contributed by atoms with van der Waals surface area (Å²) in [5.74, 6) is -1.41. The van der Waals surface area contributed by atoms with Crippen LogP contribution < -0.4 is 45.0 Å². The molecule has 2 aromatic carbocycles. The number of halogens is 1. The molecule has 0 bridgehead atoms. The highest BCUT2D eigenvalue weighted by Gasteiger charge is 2.63. The van der Waals surface area contributed by atoms with Crippen molar-refractivity contribution in [2.75, 3.05) is 39.2 Å². The Morgan fingerprint density at radius 1 is 1.00 bits per heavy atom. The smallest absolute Gasteiger partial charge is 0.258 e. The second-order valence-corrected chi connectivity index (χ2v) is 10.9. The number of benzene rings is 2. The quantitative estimate of drug-likeness (QED) is 0.370. The minimum atomic E-state index is -2.00. The van der Waals surface area contributed by atoms with Crippen LogP contribution in [0.4, 0.5) is 11.8 Å². The Kier molecular flexibility index (Phi) is 5.83. The average molecular weight is 609 g/mol. The van der Waals surface area contributed by atoms with Gasteiger partial charge >= 0.3 is 0 Å². The van der Waals surface area contributed by atoms with Gasteiger partial charge in [-0.25, -0.2) is 0 Å². The van der Waals surface area contributed by atoms with Crippen LogP contribution in [0.1, 0.15) is 40.7 Å². The SMILES string of the molecule is COc1cc(OC)c2c(c1Cl)O[C@@]1(C(=O)C3=C(C[C@H]1C)Nc1nc(N)[nH]c(=O)c1C3c1cc(OC)c3c(c1)OCO3)C2=O. The van der Waals surface area contributed by atoms with Gasteiger partial charge in [0.15, 0.2) is 17.2 Å². The fraction of sp³-hybridized carbons (Fsp3) is 0.310. The molecule has 4 heterocycles. The predicted molar refractivity (Wildman–Crippen MR) is 152 cm³/mol. The fourth-order valence-electron chi connectivity index (χ4n) is 6.42. The molecule has 222 valence electrons. The van der Waals surface area contributed by atoms with Gasteiger partial charge in [-0.15, -0.1) is 0 Å². The number of ether oxygens (including phenoxy) is 6. The van der Waals surface area contributed by atoms with E-state index < -0.39 is 34.6 Å². The number of anilines is 2. The summed E-state index contributed by atoms with van der Waals surface area (Å²) < 4.78 is 33.9. The van der Waals surface area contributed by atoms with Crippen molar-refractivity contribution in [1.82, 2.24) is 9.97 Å². The summed E-state index contributed by atoms with van der Waals surface area (Å²) in [5, 5.41) is 3.17. The fourth-order valence-corrected chi connectivity index (χ4v) is 6.68. The number of allylic oxidation sites excluding steroid dienone is 1. The molecule has 0 fully saturated rings. The second kappa shape index (κ2) is 9.30. The van der Waals surface area contributed by atoms with Crippen LogP contribution >= 0.6 is 11.6 Å². The van der Waals surface area contributed by atoms with Crippen molar-refractivity contribution in [3.63, 3.8) is 0 Å². The monoisotopic (exact) mass is 608 g/mol. The number of nitrogens with zero attached hydrogens (tertiary/aromatic N) is 1. The number of aromatic nitrogens is 2. The molecule has 3 atom stereocenters. The van der Waals surface area contributed by atoms with Gasteiger partial charge in [0.25, 0.3) is 5.56 Å². The Morgan fingerprint density at radius 2 is 1.74 bits per heavy atom. The zero-order chi connectivity index (χ0) is 30.4. The summed E-state index contributed by atoms with van der Waals surface area (Å²) in [6, 6.07) is 4.79. The van der Waals surface area contributed by atoms with Gasteiger partial charge in [0.2, 0.25) is 35.7 Å². The Hall–Kier alpha value is -4.91. The molecule has 13 nitrogen and oxygen atoms in total. The number of H-pyrrole nitrogens is 1. The number of carbonyl (C=O) groups is 2. The number of nitrogens with one attached hydrogen (secondary N) is 2. The highest BCUT2D eigenvalue weighted by atomic mass is 35.5. The lowest BCUT2D eigenvalue weighted by Gasteiger charge is -2.42. The molecule has 0 saturated heterocycles. The maximum Gasteiger partial charge on any atom is 0.258 e. The molecule has 0 saturated carbocycles. The van der Waals surface area contributed by atoms with Gasteiger partial charge in [-0.3, -0.25) is 19.4 Å². The van der Waals surface area contributed by atoms with Gasteiger partial charge in [0, 0.05) is 29.2 Å². The Balaban J connectivity index is 1.46. The first-order valence-corrected chi connectivity index (χ1v) is 13.6. The number of rotatable bonds is 4. The van der Waals surface area contributed by atoms with E-state index >= 15 is 0 Å². The summed E-state index contributed by atoms with van der Waals surface area (Å²) in [7, 11) is 4.27. The molecule has 4 aliphatic rings. The number of carbonyl (C=O) groups excluding carboxylic acids is 2. The van der Waals surface area contributed by atoms with Gasteiger partial charge in [-0.2, -0.15) is 4.98 Å². The van der Waals surface area contributed by atoms with E-state index in [4.69, 9.17) is 45.8 Å². The molecule has 7 rings (SSSR count). The van der Waals surface area contributed by atoms with Crippen LogP contribution in [0.25, 0.3) is 0 Å². The Morgan fingerprint density at radius 3 is 2.47 bits per heavy atom. The lowest BCUT2D eigenvalue weighted by Crippen LogP contribution is -2.58. The molecule has 4 N–H and O–H groups in total. The van der Waals surface area contributed by atoms with Crippen LogP contribution in [0.5, 0.6) is 34.5 Å². The average Bonchev–Trinajstić information content (AvgIpc) is 3.58. The standard InChI is InChI=1S/C29H25ClN4O9/c1-10-5-12-18(24(35)29(10)25(36)19-13(38-2)8-14(39-3)21(30)23(19)43-29)17(20-26(32-12)33-28(31)34-27(20)37)11-6-15(40-4)22-16(7-11)41-9-42-22/h6-8,10,17H,5,9H2,1-4H3,(H4,31,32,33,34,37)/t10-,17?,29+/m1/s1. The second-order valence-electron chi connectivity index (χ2n) is 10.5. The normalized spacial score (nSPS) is 22.9. The number of methoxy groups -OCH3 is 3. The summed E-state index contributed by atoms with van der Waals surface area (Å²) in [5.41, 5.74) is 4.55. The van der Waals surface area contributed by atoms with Crippen molar-refractivity contribution in [3.05, 3.63) is 61.5 Å². The first-order chi connectivity index (χ1) is 20.6. The molecule has 0 amide bonds. The molecular weight excluding hydrogens is 584 g/mol. The minimum absolute atomic E-state index is 0.00938. The van der Waals surface area contributed by atoms with E-state index in [0.717, 1.165) is 0 Å². The molecule has 1 spiro atoms. The Bertz CT molecular complexity index is 1870. The molecule has 14 heteroatoms. The molecule has 3 aliphatic heterocycles. The summed E-state index contributed by atoms with van der Waals surface area (Å²) >= 11 is 6.60. The van der Waals surface area contributed by atoms with Crippen LogP contribution in [-0.2, 0) is 4.79 Å². The van der Waals surface area contributed by atoms with Crippen molar-refractivity contribution in [2.24, 2.45) is 5.92 Å². The largest absolute Gasteiger partial charge is 0.496 e. The van der Waals surface area contributed by atoms with Crippen LogP contribution in [0.2, 0.25) is 5.02 Å². The van der Waals surface area contributed by atoms with E-state index in [0.29, 0.717) is 28.5 Å². The summed E-state index contributed by atoms with van der Waals surface area (Å²) in [6.07, 6.45) is 0.184. The third-order valence-electron chi connectivity index (χ3n) is 8.36. The van der Waals surface area contributed by atoms with E-state index in [-0.39, 0.29) is 64.0 Å². The van der Waals surface area contributed by atoms with Crippen molar-refractivity contribution >= 4 is 34.9 Å². The summed E-state index contributed by atoms with van der Waals surface area (Å²) in [4.78, 5) is 49.6. The van der Waals surface area contributed by atoms with E-state index in [1.807, 2.05) is 0 Å². The highest BCUT2D eigenvalue weighted by Crippen LogP contribution is 2.57. The lowest BCUT2D eigenvalue weighted by molar-refractivity contribution is -0.130. The molecule has 1 aromatic heterocycles. The Labute approximate surface area is 248 Å². The first kappa shape index (κ1) is 27.0. The number of Topliss-reactive ketones (excluding diaryl/α,β-unsaturated/α-hetero) is 2. The van der Waals surface area contributed by atoms with Crippen molar-refractivity contribution < 1.29 is 38.0 Å². The van der Waals surface area contributed by atoms with Crippen molar-refractivity contribution in [3.8, 4) is 34.5 Å². The zero-order valence-electron chi connectivity index (χ0n) is 23.4. The number of nitrogens with two attached hydrogens (primary N) is 1. The number of ketones is 2. The van der Waals surface area contributed by atoms with E-state index in [2.05, 4.69) is 15.3 Å². The zero-order valence-corrected chi connectivity index (χ0v) is 24.1. The number of hydrogen-bond donors (Lipinski definition) is 3. The third-order valence-corrected chi connectivity index (χ3v) is 8.72. The minimum Gasteiger partial charge on any atom is -0.496 e. The van der Waals surface area contributed by atoms with Gasteiger partial charge < -0.3 is 39.5 Å². The molecular formula is C29H25ClN4O9. The molecule has 0 radical (unpaired) electrons. The molecule has 43 heavy (non-hydrogen) atoms. The first-order valence-electron chi connectivity index (χ1n) is 13.2. The topological polar surface area (TPSA) is 173 Å². The van der Waals surface area contributed by atoms with Crippen LogP contribution in [0.3, 0.4) is 0 Å². The van der Waals surface area contributed by atoms with E-state index in [1.54, 1.807) is 19.1 Å². The van der Waals surface area contributed by atoms with Gasteiger partial charge in [-0.1, -0.05) is 18.5 Å². The van der Waals surface area contributed by atoms with E-state index in [1.165, 1.54) is 27.4 Å². The van der Waals surface area contributed by atoms with E-state index in [9.17, 15) is 14.4 Å². The van der Waals surface area contributed by atoms with Crippen LogP contribution in [0, 0.1) is 5.92 Å². The van der Waals surface area contributed by atoms with Crippen LogP contribution in [0.15, 0.2) is 34.3 Å². The number of nitrogen functional groups attached to an aromatic ring is 1. The summed E-state index contributed by atoms with van der Waals surface area (Å²) in [6.45, 7) is 1.70. The number of aromatic amines is 1. The third kappa shape index (κ3) is 3.51. The maximum atomic E-state index is 14.9. The van der Waals surface area contributed by atoms with Gasteiger partial charge in [0.05, 0.1) is 26.9 Å². The molecule has 1 unspecified atom stereocenters. The predicted octanol–water partition coefficient (Wildman–Crippen LogP) is 3.19. The molecule has 1 aliphatic carbocycles. The number of hydrogen-bond acceptors (Lipinski definition) is 12. The van der Waals surface area contributed by atoms with Gasteiger partial charge in [0.1, 0.15) is 27.9 Å².